The van der Waals surface area contributed by atoms with Crippen LogP contribution in [0.5, 0.6) is 5.75 Å². The quantitative estimate of drug-likeness (QED) is 0.831. The number of carbonyl (C=O) groups is 1. The summed E-state index contributed by atoms with van der Waals surface area (Å²) in [6, 6.07) is 9.21. The van der Waals surface area contributed by atoms with Crippen LogP contribution in [0, 0.1) is 0 Å². The topological polar surface area (TPSA) is 58.6 Å². The zero-order valence-electron chi connectivity index (χ0n) is 10.4. The Morgan fingerprint density at radius 3 is 2.61 bits per heavy atom. The number of benzene rings is 1. The Bertz CT molecular complexity index is 385. The molecule has 1 amide bonds. The second-order valence-corrected chi connectivity index (χ2v) is 4.81. The van der Waals surface area contributed by atoms with Crippen LogP contribution in [0.4, 0.5) is 0 Å². The first-order chi connectivity index (χ1) is 8.68. The first-order valence-corrected chi connectivity index (χ1v) is 6.35. The van der Waals surface area contributed by atoms with Gasteiger partial charge in [-0.3, -0.25) is 4.79 Å². The standard InChI is InChI=1S/C14H19NO3/c16-13(10-18-12-6-2-1-3-7-12)15-11-14(17)8-4-5-9-14/h1-3,6-7,17H,4-5,8-11H2,(H,15,16). The summed E-state index contributed by atoms with van der Waals surface area (Å²) in [5.41, 5.74) is -0.706. The van der Waals surface area contributed by atoms with Gasteiger partial charge in [0, 0.05) is 6.54 Å². The van der Waals surface area contributed by atoms with E-state index in [-0.39, 0.29) is 12.5 Å². The summed E-state index contributed by atoms with van der Waals surface area (Å²) in [5.74, 6) is 0.478. The van der Waals surface area contributed by atoms with Crippen molar-refractivity contribution in [3.05, 3.63) is 30.3 Å². The lowest BCUT2D eigenvalue weighted by Crippen LogP contribution is -2.42. The fourth-order valence-electron chi connectivity index (χ4n) is 2.19. The number of ether oxygens (including phenoxy) is 1. The molecule has 2 rings (SSSR count). The lowest BCUT2D eigenvalue weighted by molar-refractivity contribution is -0.124. The molecule has 0 saturated heterocycles. The minimum Gasteiger partial charge on any atom is -0.484 e. The molecule has 0 unspecified atom stereocenters. The highest BCUT2D eigenvalue weighted by molar-refractivity contribution is 5.77. The van der Waals surface area contributed by atoms with E-state index in [0.29, 0.717) is 12.3 Å². The summed E-state index contributed by atoms with van der Waals surface area (Å²) in [5, 5.41) is 12.8. The average molecular weight is 249 g/mol. The maximum absolute atomic E-state index is 11.6. The zero-order chi connectivity index (χ0) is 12.8. The van der Waals surface area contributed by atoms with Crippen LogP contribution < -0.4 is 10.1 Å². The van der Waals surface area contributed by atoms with Gasteiger partial charge in [0.2, 0.25) is 0 Å². The molecule has 1 aromatic rings. The first kappa shape index (κ1) is 12.9. The Labute approximate surface area is 107 Å². The maximum atomic E-state index is 11.6. The fourth-order valence-corrected chi connectivity index (χ4v) is 2.19. The molecule has 0 bridgehead atoms. The average Bonchev–Trinajstić information content (AvgIpc) is 2.83. The molecule has 0 radical (unpaired) electrons. The molecule has 0 aliphatic heterocycles. The predicted molar refractivity (Wildman–Crippen MR) is 68.4 cm³/mol. The predicted octanol–water partition coefficient (Wildman–Crippen LogP) is 1.49. The number of aliphatic hydroxyl groups is 1. The minimum absolute atomic E-state index is 0.0138. The van der Waals surface area contributed by atoms with Crippen molar-refractivity contribution in [3.63, 3.8) is 0 Å². The number of para-hydroxylation sites is 1. The Hall–Kier alpha value is -1.55. The minimum atomic E-state index is -0.706. The summed E-state index contributed by atoms with van der Waals surface area (Å²) < 4.78 is 5.32. The molecular weight excluding hydrogens is 230 g/mol. The van der Waals surface area contributed by atoms with Crippen molar-refractivity contribution in [1.29, 1.82) is 0 Å². The molecule has 0 atom stereocenters. The van der Waals surface area contributed by atoms with Gasteiger partial charge in [0.05, 0.1) is 5.60 Å². The second-order valence-electron chi connectivity index (χ2n) is 4.81. The van der Waals surface area contributed by atoms with Crippen molar-refractivity contribution >= 4 is 5.91 Å². The summed E-state index contributed by atoms with van der Waals surface area (Å²) in [7, 11) is 0. The van der Waals surface area contributed by atoms with Crippen LogP contribution in [0.1, 0.15) is 25.7 Å². The molecule has 1 aromatic carbocycles. The third-order valence-electron chi connectivity index (χ3n) is 3.26. The normalized spacial score (nSPS) is 17.4. The van der Waals surface area contributed by atoms with E-state index in [0.717, 1.165) is 25.7 Å². The lowest BCUT2D eigenvalue weighted by Gasteiger charge is -2.22. The van der Waals surface area contributed by atoms with Crippen LogP contribution in [0.2, 0.25) is 0 Å². The Morgan fingerprint density at radius 1 is 1.28 bits per heavy atom. The number of hydrogen-bond donors (Lipinski definition) is 2. The molecular formula is C14H19NO3. The fraction of sp³-hybridized carbons (Fsp3) is 0.500. The third-order valence-corrected chi connectivity index (χ3v) is 3.26. The summed E-state index contributed by atoms with van der Waals surface area (Å²) >= 11 is 0. The molecule has 2 N–H and O–H groups in total. The highest BCUT2D eigenvalue weighted by atomic mass is 16.5. The van der Waals surface area contributed by atoms with Crippen LogP contribution in [-0.4, -0.2) is 29.8 Å². The van der Waals surface area contributed by atoms with E-state index >= 15 is 0 Å². The van der Waals surface area contributed by atoms with E-state index in [1.807, 2.05) is 18.2 Å². The van der Waals surface area contributed by atoms with Gasteiger partial charge in [-0.1, -0.05) is 31.0 Å². The molecule has 1 saturated carbocycles. The summed E-state index contributed by atoms with van der Waals surface area (Å²) in [6.07, 6.45) is 3.61. The third kappa shape index (κ3) is 3.74. The number of nitrogens with one attached hydrogen (secondary N) is 1. The first-order valence-electron chi connectivity index (χ1n) is 6.35. The smallest absolute Gasteiger partial charge is 0.258 e. The molecule has 0 heterocycles. The van der Waals surface area contributed by atoms with Crippen molar-refractivity contribution in [2.24, 2.45) is 0 Å². The molecule has 98 valence electrons. The molecule has 1 aliphatic rings. The molecule has 0 spiro atoms. The van der Waals surface area contributed by atoms with Crippen molar-refractivity contribution < 1.29 is 14.6 Å². The van der Waals surface area contributed by atoms with Gasteiger partial charge < -0.3 is 15.2 Å². The van der Waals surface area contributed by atoms with E-state index in [2.05, 4.69) is 5.32 Å². The zero-order valence-corrected chi connectivity index (χ0v) is 10.4. The molecule has 1 fully saturated rings. The molecule has 18 heavy (non-hydrogen) atoms. The van der Waals surface area contributed by atoms with Crippen molar-refractivity contribution in [3.8, 4) is 5.75 Å². The number of carbonyl (C=O) groups excluding carboxylic acids is 1. The van der Waals surface area contributed by atoms with E-state index in [9.17, 15) is 9.90 Å². The second kappa shape index (κ2) is 5.87. The van der Waals surface area contributed by atoms with Crippen LogP contribution in [0.3, 0.4) is 0 Å². The van der Waals surface area contributed by atoms with Gasteiger partial charge in [0.15, 0.2) is 6.61 Å². The summed E-state index contributed by atoms with van der Waals surface area (Å²) in [6.45, 7) is 0.310. The highest BCUT2D eigenvalue weighted by Crippen LogP contribution is 2.28. The van der Waals surface area contributed by atoms with E-state index in [4.69, 9.17) is 4.74 Å². The van der Waals surface area contributed by atoms with Gasteiger partial charge >= 0.3 is 0 Å². The Kier molecular flexibility index (Phi) is 4.20. The summed E-state index contributed by atoms with van der Waals surface area (Å²) in [4.78, 5) is 11.6. The number of rotatable bonds is 5. The van der Waals surface area contributed by atoms with Gasteiger partial charge in [-0.15, -0.1) is 0 Å². The monoisotopic (exact) mass is 249 g/mol. The molecule has 1 aliphatic carbocycles. The van der Waals surface area contributed by atoms with Gasteiger partial charge in [-0.25, -0.2) is 0 Å². The van der Waals surface area contributed by atoms with Crippen LogP contribution >= 0.6 is 0 Å². The lowest BCUT2D eigenvalue weighted by atomic mass is 10.0. The molecule has 4 heteroatoms. The van der Waals surface area contributed by atoms with Gasteiger partial charge in [-0.05, 0) is 25.0 Å². The SMILES string of the molecule is O=C(COc1ccccc1)NCC1(O)CCCC1. The van der Waals surface area contributed by atoms with Gasteiger partial charge in [0.25, 0.3) is 5.91 Å². The highest BCUT2D eigenvalue weighted by Gasteiger charge is 2.31. The molecule has 0 aromatic heterocycles. The van der Waals surface area contributed by atoms with Gasteiger partial charge in [0.1, 0.15) is 5.75 Å². The van der Waals surface area contributed by atoms with Crippen LogP contribution in [0.25, 0.3) is 0 Å². The van der Waals surface area contributed by atoms with Crippen molar-refractivity contribution in [2.75, 3.05) is 13.2 Å². The van der Waals surface area contributed by atoms with E-state index in [1.165, 1.54) is 0 Å². The van der Waals surface area contributed by atoms with Crippen molar-refractivity contribution in [2.45, 2.75) is 31.3 Å². The number of amides is 1. The Morgan fingerprint density at radius 2 is 1.94 bits per heavy atom. The number of hydrogen-bond acceptors (Lipinski definition) is 3. The Balaban J connectivity index is 1.69. The van der Waals surface area contributed by atoms with E-state index in [1.54, 1.807) is 12.1 Å². The maximum Gasteiger partial charge on any atom is 0.258 e. The largest absolute Gasteiger partial charge is 0.484 e. The van der Waals surface area contributed by atoms with Crippen LogP contribution in [0.15, 0.2) is 30.3 Å². The van der Waals surface area contributed by atoms with Crippen molar-refractivity contribution in [1.82, 2.24) is 5.32 Å². The van der Waals surface area contributed by atoms with E-state index < -0.39 is 5.60 Å². The van der Waals surface area contributed by atoms with Crippen LogP contribution in [-0.2, 0) is 4.79 Å². The molecule has 4 nitrogen and oxygen atoms in total. The van der Waals surface area contributed by atoms with Gasteiger partial charge in [-0.2, -0.15) is 0 Å².